The molecule has 2 fully saturated rings. The van der Waals surface area contributed by atoms with E-state index in [1.54, 1.807) is 0 Å². The zero-order valence-corrected chi connectivity index (χ0v) is 13.7. The normalized spacial score (nSPS) is 26.2. The van der Waals surface area contributed by atoms with Crippen LogP contribution in [0.5, 0.6) is 0 Å². The predicted octanol–water partition coefficient (Wildman–Crippen LogP) is 3.45. The molecule has 0 bridgehead atoms. The van der Waals surface area contributed by atoms with Crippen LogP contribution in [-0.4, -0.2) is 35.1 Å². The average molecular weight is 389 g/mol. The lowest BCUT2D eigenvalue weighted by atomic mass is 9.81. The largest absolute Gasteiger partial charge is 0.481 e. The molecule has 2 atom stereocenters. The van der Waals surface area contributed by atoms with Crippen LogP contribution in [0, 0.1) is 23.0 Å². The molecule has 1 saturated heterocycles. The smallest absolute Gasteiger partial charge is 0.322 e. The van der Waals surface area contributed by atoms with E-state index in [2.05, 4.69) is 21.2 Å². The van der Waals surface area contributed by atoms with Gasteiger partial charge in [-0.05, 0) is 30.9 Å². The zero-order valence-electron chi connectivity index (χ0n) is 12.1. The van der Waals surface area contributed by atoms with E-state index in [0.29, 0.717) is 6.42 Å². The van der Waals surface area contributed by atoms with Gasteiger partial charge in [-0.3, -0.25) is 4.79 Å². The fourth-order valence-electron chi connectivity index (χ4n) is 3.64. The van der Waals surface area contributed by atoms with Crippen LogP contribution in [0.4, 0.5) is 19.3 Å². The van der Waals surface area contributed by atoms with E-state index in [4.69, 9.17) is 0 Å². The van der Waals surface area contributed by atoms with Gasteiger partial charge in [0.1, 0.15) is 5.69 Å². The average Bonchev–Trinajstić information content (AvgIpc) is 3.00. The first-order chi connectivity index (χ1) is 10.8. The van der Waals surface area contributed by atoms with E-state index in [1.807, 2.05) is 0 Å². The number of anilines is 1. The van der Waals surface area contributed by atoms with E-state index in [1.165, 1.54) is 4.90 Å². The molecule has 0 radical (unpaired) electrons. The van der Waals surface area contributed by atoms with Gasteiger partial charge < -0.3 is 15.3 Å². The number of rotatable bonds is 2. The number of hydrogen-bond acceptors (Lipinski definition) is 2. The summed E-state index contributed by atoms with van der Waals surface area (Å²) in [6.45, 7) is 0.358. The van der Waals surface area contributed by atoms with Crippen LogP contribution in [0.25, 0.3) is 0 Å². The number of hydrogen-bond donors (Lipinski definition) is 2. The van der Waals surface area contributed by atoms with Gasteiger partial charge in [0.25, 0.3) is 0 Å². The molecule has 1 heterocycles. The standard InChI is InChI=1S/C15H15BrF2N2O3/c16-9-4-10(17)12(11(18)5-9)19-14(23)20-6-8-2-1-3-15(8,7-20)13(21)22/h4-5,8H,1-3,6-7H2,(H,19,23)(H,21,22)/t8-,15+/m0/s1. The Morgan fingerprint density at radius 2 is 2.00 bits per heavy atom. The summed E-state index contributed by atoms with van der Waals surface area (Å²) < 4.78 is 27.8. The first-order valence-corrected chi connectivity index (χ1v) is 8.06. The van der Waals surface area contributed by atoms with Gasteiger partial charge in [0.2, 0.25) is 0 Å². The molecule has 124 valence electrons. The van der Waals surface area contributed by atoms with E-state index in [0.717, 1.165) is 25.0 Å². The van der Waals surface area contributed by atoms with Crippen molar-refractivity contribution in [2.75, 3.05) is 18.4 Å². The Balaban J connectivity index is 1.77. The van der Waals surface area contributed by atoms with Crippen molar-refractivity contribution in [1.29, 1.82) is 0 Å². The van der Waals surface area contributed by atoms with Crippen LogP contribution in [0.15, 0.2) is 16.6 Å². The molecule has 5 nitrogen and oxygen atoms in total. The maximum absolute atomic E-state index is 13.8. The van der Waals surface area contributed by atoms with Crippen molar-refractivity contribution in [1.82, 2.24) is 4.90 Å². The van der Waals surface area contributed by atoms with Crippen LogP contribution >= 0.6 is 15.9 Å². The van der Waals surface area contributed by atoms with Crippen molar-refractivity contribution in [2.24, 2.45) is 11.3 Å². The molecular formula is C15H15BrF2N2O3. The lowest BCUT2D eigenvalue weighted by Gasteiger charge is -2.23. The lowest BCUT2D eigenvalue weighted by molar-refractivity contribution is -0.149. The number of carbonyl (C=O) groups is 2. The quantitative estimate of drug-likeness (QED) is 0.814. The highest BCUT2D eigenvalue weighted by atomic mass is 79.9. The molecule has 0 spiro atoms. The van der Waals surface area contributed by atoms with Crippen molar-refractivity contribution in [3.8, 4) is 0 Å². The third-order valence-electron chi connectivity index (χ3n) is 4.82. The minimum Gasteiger partial charge on any atom is -0.481 e. The van der Waals surface area contributed by atoms with Gasteiger partial charge in [0.05, 0.1) is 5.41 Å². The molecule has 1 aromatic rings. The minimum atomic E-state index is -0.922. The summed E-state index contributed by atoms with van der Waals surface area (Å²) in [6, 6.07) is 1.42. The van der Waals surface area contributed by atoms with E-state index < -0.39 is 34.7 Å². The number of benzene rings is 1. The highest BCUT2D eigenvalue weighted by molar-refractivity contribution is 9.10. The first kappa shape index (κ1) is 16.2. The molecule has 1 saturated carbocycles. The minimum absolute atomic E-state index is 0.0681. The molecule has 3 rings (SSSR count). The van der Waals surface area contributed by atoms with Crippen molar-refractivity contribution in [3.63, 3.8) is 0 Å². The van der Waals surface area contributed by atoms with Crippen LogP contribution in [0.3, 0.4) is 0 Å². The monoisotopic (exact) mass is 388 g/mol. The third kappa shape index (κ3) is 2.69. The number of fused-ring (bicyclic) bond motifs is 1. The molecular weight excluding hydrogens is 374 g/mol. The molecule has 1 aliphatic carbocycles. The van der Waals surface area contributed by atoms with E-state index in [-0.39, 0.29) is 23.5 Å². The van der Waals surface area contributed by atoms with Crippen LogP contribution in [-0.2, 0) is 4.79 Å². The second-order valence-electron chi connectivity index (χ2n) is 6.11. The van der Waals surface area contributed by atoms with Gasteiger partial charge >= 0.3 is 12.0 Å². The van der Waals surface area contributed by atoms with Gasteiger partial charge in [-0.2, -0.15) is 0 Å². The number of nitrogens with one attached hydrogen (secondary N) is 1. The lowest BCUT2D eigenvalue weighted by Crippen LogP contribution is -2.39. The Labute approximate surface area is 139 Å². The topological polar surface area (TPSA) is 69.6 Å². The van der Waals surface area contributed by atoms with Crippen molar-refractivity contribution >= 4 is 33.6 Å². The fourth-order valence-corrected chi connectivity index (χ4v) is 4.04. The molecule has 0 aromatic heterocycles. The summed E-state index contributed by atoms with van der Waals surface area (Å²) in [5, 5.41) is 11.7. The Morgan fingerprint density at radius 1 is 1.35 bits per heavy atom. The summed E-state index contributed by atoms with van der Waals surface area (Å²) in [6.07, 6.45) is 2.09. The molecule has 2 amide bonds. The number of aliphatic carboxylic acids is 1. The molecule has 8 heteroatoms. The maximum Gasteiger partial charge on any atom is 0.322 e. The molecule has 2 N–H and O–H groups in total. The number of amides is 2. The van der Waals surface area contributed by atoms with Crippen molar-refractivity contribution in [2.45, 2.75) is 19.3 Å². The maximum atomic E-state index is 13.8. The summed E-state index contributed by atoms with van der Waals surface area (Å²) in [7, 11) is 0. The summed E-state index contributed by atoms with van der Waals surface area (Å²) >= 11 is 2.97. The van der Waals surface area contributed by atoms with Crippen LogP contribution in [0.2, 0.25) is 0 Å². The van der Waals surface area contributed by atoms with Gasteiger partial charge in [-0.25, -0.2) is 13.6 Å². The zero-order chi connectivity index (χ0) is 16.8. The second kappa shape index (κ2) is 5.74. The highest BCUT2D eigenvalue weighted by Crippen LogP contribution is 2.49. The Hall–Kier alpha value is -1.70. The molecule has 23 heavy (non-hydrogen) atoms. The Bertz CT molecular complexity index is 662. The predicted molar refractivity (Wildman–Crippen MR) is 82.1 cm³/mol. The highest BCUT2D eigenvalue weighted by Gasteiger charge is 2.55. The number of likely N-dealkylation sites (tertiary alicyclic amines) is 1. The molecule has 0 unspecified atom stereocenters. The number of carbonyl (C=O) groups excluding carboxylic acids is 1. The van der Waals surface area contributed by atoms with E-state index >= 15 is 0 Å². The molecule has 1 aromatic carbocycles. The molecule has 2 aliphatic rings. The number of halogens is 3. The first-order valence-electron chi connectivity index (χ1n) is 7.27. The Kier molecular flexibility index (Phi) is 4.03. The Morgan fingerprint density at radius 3 is 2.57 bits per heavy atom. The molecule has 1 aliphatic heterocycles. The van der Waals surface area contributed by atoms with Crippen LogP contribution in [0.1, 0.15) is 19.3 Å². The van der Waals surface area contributed by atoms with Crippen molar-refractivity contribution in [3.05, 3.63) is 28.2 Å². The number of nitrogens with zero attached hydrogens (tertiary/aromatic N) is 1. The summed E-state index contributed by atoms with van der Waals surface area (Å²) in [5.74, 6) is -2.79. The summed E-state index contributed by atoms with van der Waals surface area (Å²) in [4.78, 5) is 25.2. The fraction of sp³-hybridized carbons (Fsp3) is 0.467. The number of urea groups is 1. The SMILES string of the molecule is O=C(Nc1c(F)cc(Br)cc1F)N1C[C@@H]2CCC[C@@]2(C(=O)O)C1. The van der Waals surface area contributed by atoms with Crippen molar-refractivity contribution < 1.29 is 23.5 Å². The van der Waals surface area contributed by atoms with Gasteiger partial charge in [-0.15, -0.1) is 0 Å². The van der Waals surface area contributed by atoms with E-state index in [9.17, 15) is 23.5 Å². The number of carboxylic acids is 1. The third-order valence-corrected chi connectivity index (χ3v) is 5.28. The van der Waals surface area contributed by atoms with Gasteiger partial charge in [0.15, 0.2) is 11.6 Å². The van der Waals surface area contributed by atoms with Crippen LogP contribution < -0.4 is 5.32 Å². The summed E-state index contributed by atoms with van der Waals surface area (Å²) in [5.41, 5.74) is -1.45. The van der Waals surface area contributed by atoms with Gasteiger partial charge in [-0.1, -0.05) is 22.4 Å². The van der Waals surface area contributed by atoms with Gasteiger partial charge in [0, 0.05) is 17.6 Å². The number of carboxylic acid groups (broad SMARTS) is 1. The second-order valence-corrected chi connectivity index (χ2v) is 7.02.